The molecule has 0 saturated heterocycles. The molecule has 1 N–H and O–H groups in total. The molecule has 0 bridgehead atoms. The summed E-state index contributed by atoms with van der Waals surface area (Å²) in [6, 6.07) is 3.23. The highest BCUT2D eigenvalue weighted by Crippen LogP contribution is 2.07. The minimum absolute atomic E-state index is 0.202. The van der Waals surface area contributed by atoms with Crippen molar-refractivity contribution in [1.82, 2.24) is 4.98 Å². The lowest BCUT2D eigenvalue weighted by Gasteiger charge is -2.10. The number of ether oxygens (including phenoxy) is 1. The lowest BCUT2D eigenvalue weighted by molar-refractivity contribution is 0.0695. The van der Waals surface area contributed by atoms with E-state index in [-0.39, 0.29) is 5.56 Å². The highest BCUT2D eigenvalue weighted by molar-refractivity contribution is 5.87. The fourth-order valence-corrected chi connectivity index (χ4v) is 1.58. The van der Waals surface area contributed by atoms with E-state index in [2.05, 4.69) is 18.8 Å². The molecular formula is C13H19NO3. The number of carbonyl (C=O) groups is 1. The molecule has 0 aliphatic rings. The van der Waals surface area contributed by atoms with Crippen molar-refractivity contribution in [2.75, 3.05) is 6.61 Å². The third-order valence-electron chi connectivity index (χ3n) is 2.51. The van der Waals surface area contributed by atoms with E-state index in [1.54, 1.807) is 12.1 Å². The van der Waals surface area contributed by atoms with Crippen LogP contribution in [0.4, 0.5) is 0 Å². The molecule has 94 valence electrons. The van der Waals surface area contributed by atoms with Crippen LogP contribution >= 0.6 is 0 Å². The van der Waals surface area contributed by atoms with Gasteiger partial charge in [-0.15, -0.1) is 0 Å². The van der Waals surface area contributed by atoms with Gasteiger partial charge in [0.1, 0.15) is 0 Å². The van der Waals surface area contributed by atoms with Gasteiger partial charge in [-0.1, -0.05) is 20.3 Å². The van der Waals surface area contributed by atoms with Crippen molar-refractivity contribution >= 4 is 5.97 Å². The largest absolute Gasteiger partial charge is 0.478 e. The van der Waals surface area contributed by atoms with E-state index < -0.39 is 5.97 Å². The third-order valence-corrected chi connectivity index (χ3v) is 2.51. The highest BCUT2D eigenvalue weighted by Gasteiger charge is 2.04. The molecule has 1 heterocycles. The van der Waals surface area contributed by atoms with E-state index >= 15 is 0 Å². The smallest absolute Gasteiger partial charge is 0.337 e. The summed E-state index contributed by atoms with van der Waals surface area (Å²) in [5.41, 5.74) is 0.965. The molecule has 1 atom stereocenters. The zero-order chi connectivity index (χ0) is 12.7. The second kappa shape index (κ2) is 7.01. The SMILES string of the molecule is CCCC(C)COCc1ccc(C(=O)O)cn1. The van der Waals surface area contributed by atoms with Crippen LogP contribution in [0.5, 0.6) is 0 Å². The fraction of sp³-hybridized carbons (Fsp3) is 0.538. The second-order valence-corrected chi connectivity index (χ2v) is 4.25. The van der Waals surface area contributed by atoms with Gasteiger partial charge in [-0.3, -0.25) is 4.98 Å². The van der Waals surface area contributed by atoms with Crippen molar-refractivity contribution in [3.63, 3.8) is 0 Å². The Morgan fingerprint density at radius 2 is 2.29 bits per heavy atom. The summed E-state index contributed by atoms with van der Waals surface area (Å²) < 4.78 is 5.52. The molecule has 17 heavy (non-hydrogen) atoms. The average Bonchev–Trinajstić information content (AvgIpc) is 2.30. The van der Waals surface area contributed by atoms with Gasteiger partial charge < -0.3 is 9.84 Å². The lowest BCUT2D eigenvalue weighted by atomic mass is 10.1. The first-order chi connectivity index (χ1) is 8.13. The van der Waals surface area contributed by atoms with Gasteiger partial charge in [-0.25, -0.2) is 4.79 Å². The van der Waals surface area contributed by atoms with Gasteiger partial charge in [0.15, 0.2) is 0 Å². The second-order valence-electron chi connectivity index (χ2n) is 4.25. The summed E-state index contributed by atoms with van der Waals surface area (Å²) in [6.45, 7) is 5.47. The maximum atomic E-state index is 10.6. The topological polar surface area (TPSA) is 59.4 Å². The molecule has 0 aliphatic heterocycles. The summed E-state index contributed by atoms with van der Waals surface area (Å²) in [5.74, 6) is -0.403. The van der Waals surface area contributed by atoms with Gasteiger partial charge in [0.05, 0.1) is 17.9 Å². The molecule has 1 aromatic heterocycles. The van der Waals surface area contributed by atoms with E-state index in [0.29, 0.717) is 12.5 Å². The minimum Gasteiger partial charge on any atom is -0.478 e. The predicted molar refractivity (Wildman–Crippen MR) is 64.9 cm³/mol. The number of carboxylic acid groups (broad SMARTS) is 1. The zero-order valence-corrected chi connectivity index (χ0v) is 10.3. The standard InChI is InChI=1S/C13H19NO3/c1-3-4-10(2)8-17-9-12-6-5-11(7-14-12)13(15)16/h5-7,10H,3-4,8-9H2,1-2H3,(H,15,16). The van der Waals surface area contributed by atoms with Crippen molar-refractivity contribution in [1.29, 1.82) is 0 Å². The number of aromatic carboxylic acids is 1. The van der Waals surface area contributed by atoms with Crippen LogP contribution in [0.3, 0.4) is 0 Å². The number of hydrogen-bond donors (Lipinski definition) is 1. The molecule has 0 fully saturated rings. The zero-order valence-electron chi connectivity index (χ0n) is 10.3. The Hall–Kier alpha value is -1.42. The average molecular weight is 237 g/mol. The van der Waals surface area contributed by atoms with E-state index in [1.165, 1.54) is 6.20 Å². The predicted octanol–water partition coefficient (Wildman–Crippen LogP) is 2.73. The highest BCUT2D eigenvalue weighted by atomic mass is 16.5. The van der Waals surface area contributed by atoms with Gasteiger partial charge in [0.2, 0.25) is 0 Å². The number of hydrogen-bond acceptors (Lipinski definition) is 3. The van der Waals surface area contributed by atoms with Crippen LogP contribution in [0, 0.1) is 5.92 Å². The monoisotopic (exact) mass is 237 g/mol. The molecule has 0 spiro atoms. The summed E-state index contributed by atoms with van der Waals surface area (Å²) in [5, 5.41) is 8.71. The molecule has 0 saturated carbocycles. The Morgan fingerprint density at radius 1 is 1.53 bits per heavy atom. The lowest BCUT2D eigenvalue weighted by Crippen LogP contribution is -2.06. The maximum Gasteiger partial charge on any atom is 0.337 e. The van der Waals surface area contributed by atoms with Gasteiger partial charge in [0, 0.05) is 12.8 Å². The van der Waals surface area contributed by atoms with E-state index in [9.17, 15) is 4.79 Å². The molecule has 0 amide bonds. The first kappa shape index (κ1) is 13.6. The van der Waals surface area contributed by atoms with Gasteiger partial charge in [0.25, 0.3) is 0 Å². The number of rotatable bonds is 7. The summed E-state index contributed by atoms with van der Waals surface area (Å²) in [7, 11) is 0. The molecule has 4 heteroatoms. The van der Waals surface area contributed by atoms with Crippen LogP contribution in [-0.2, 0) is 11.3 Å². The van der Waals surface area contributed by atoms with Crippen molar-refractivity contribution in [2.24, 2.45) is 5.92 Å². The molecule has 0 radical (unpaired) electrons. The van der Waals surface area contributed by atoms with Crippen LogP contribution in [0.15, 0.2) is 18.3 Å². The minimum atomic E-state index is -0.957. The molecule has 0 aliphatic carbocycles. The Morgan fingerprint density at radius 3 is 2.82 bits per heavy atom. The number of pyridine rings is 1. The van der Waals surface area contributed by atoms with Crippen LogP contribution in [0.1, 0.15) is 42.7 Å². The van der Waals surface area contributed by atoms with E-state index in [1.807, 2.05) is 0 Å². The van der Waals surface area contributed by atoms with Gasteiger partial charge in [-0.05, 0) is 24.5 Å². The molecular weight excluding hydrogens is 218 g/mol. The quantitative estimate of drug-likeness (QED) is 0.792. The Bertz CT molecular complexity index is 348. The fourth-order valence-electron chi connectivity index (χ4n) is 1.58. The molecule has 1 rings (SSSR count). The summed E-state index contributed by atoms with van der Waals surface area (Å²) in [4.78, 5) is 14.7. The summed E-state index contributed by atoms with van der Waals surface area (Å²) in [6.07, 6.45) is 3.68. The van der Waals surface area contributed by atoms with Crippen molar-refractivity contribution < 1.29 is 14.6 Å². The third kappa shape index (κ3) is 4.95. The van der Waals surface area contributed by atoms with Crippen molar-refractivity contribution in [3.05, 3.63) is 29.6 Å². The van der Waals surface area contributed by atoms with Crippen molar-refractivity contribution in [2.45, 2.75) is 33.3 Å². The van der Waals surface area contributed by atoms with Gasteiger partial charge in [-0.2, -0.15) is 0 Å². The number of aromatic nitrogens is 1. The normalized spacial score (nSPS) is 12.4. The van der Waals surface area contributed by atoms with Crippen molar-refractivity contribution in [3.8, 4) is 0 Å². The van der Waals surface area contributed by atoms with E-state index in [4.69, 9.17) is 9.84 Å². The Balaban J connectivity index is 2.34. The van der Waals surface area contributed by atoms with Crippen LogP contribution in [0.2, 0.25) is 0 Å². The Labute approximate surface area is 102 Å². The molecule has 1 unspecified atom stereocenters. The molecule has 4 nitrogen and oxygen atoms in total. The summed E-state index contributed by atoms with van der Waals surface area (Å²) >= 11 is 0. The van der Waals surface area contributed by atoms with Crippen LogP contribution in [0.25, 0.3) is 0 Å². The number of nitrogens with zero attached hydrogens (tertiary/aromatic N) is 1. The Kier molecular flexibility index (Phi) is 5.63. The maximum absolute atomic E-state index is 10.6. The van der Waals surface area contributed by atoms with Crippen LogP contribution in [-0.4, -0.2) is 22.7 Å². The molecule has 0 aromatic carbocycles. The number of carboxylic acids is 1. The van der Waals surface area contributed by atoms with Gasteiger partial charge >= 0.3 is 5.97 Å². The van der Waals surface area contributed by atoms with Crippen LogP contribution < -0.4 is 0 Å². The van der Waals surface area contributed by atoms with E-state index in [0.717, 1.165) is 25.1 Å². The first-order valence-electron chi connectivity index (χ1n) is 5.89. The first-order valence-corrected chi connectivity index (χ1v) is 5.89. The molecule has 1 aromatic rings.